The van der Waals surface area contributed by atoms with E-state index in [0.717, 1.165) is 12.8 Å². The molecule has 1 fully saturated rings. The van der Waals surface area contributed by atoms with Gasteiger partial charge in [0.2, 0.25) is 5.95 Å². The van der Waals surface area contributed by atoms with Gasteiger partial charge in [0.05, 0.1) is 0 Å². The van der Waals surface area contributed by atoms with E-state index in [-0.39, 0.29) is 33.3 Å². The van der Waals surface area contributed by atoms with Crippen molar-refractivity contribution in [3.05, 3.63) is 39.8 Å². The number of phenolic OH excluding ortho intramolecular Hbond substituents is 1. The van der Waals surface area contributed by atoms with E-state index in [0.29, 0.717) is 23.8 Å². The molecule has 0 atom stereocenters. The number of hydrogen-bond acceptors (Lipinski definition) is 4. The fourth-order valence-corrected chi connectivity index (χ4v) is 2.91. The van der Waals surface area contributed by atoms with E-state index in [1.807, 2.05) is 13.8 Å². The van der Waals surface area contributed by atoms with Gasteiger partial charge in [-0.1, -0.05) is 37.0 Å². The molecular weight excluding hydrogens is 366 g/mol. The van der Waals surface area contributed by atoms with Gasteiger partial charge in [-0.2, -0.15) is 9.37 Å². The largest absolute Gasteiger partial charge is 0.508 e. The molecule has 1 aliphatic carbocycles. The van der Waals surface area contributed by atoms with Crippen molar-refractivity contribution < 1.29 is 14.2 Å². The second-order valence-electron chi connectivity index (χ2n) is 6.51. The second kappa shape index (κ2) is 7.26. The maximum absolute atomic E-state index is 14.1. The van der Waals surface area contributed by atoms with Crippen LogP contribution in [0.4, 0.5) is 10.2 Å². The summed E-state index contributed by atoms with van der Waals surface area (Å²) in [5.41, 5.74) is 0.714. The van der Waals surface area contributed by atoms with Crippen LogP contribution in [0, 0.1) is 11.9 Å². The molecule has 1 aromatic heterocycles. The highest BCUT2D eigenvalue weighted by Crippen LogP contribution is 2.42. The van der Waals surface area contributed by atoms with Gasteiger partial charge in [-0.3, -0.25) is 0 Å². The van der Waals surface area contributed by atoms with Crippen molar-refractivity contribution in [1.82, 2.24) is 4.98 Å². The molecular formula is C18H19Cl2FN2O2. The van der Waals surface area contributed by atoms with Gasteiger partial charge in [0, 0.05) is 12.1 Å². The molecule has 1 aromatic carbocycles. The molecule has 2 N–H and O–H groups in total. The van der Waals surface area contributed by atoms with E-state index >= 15 is 0 Å². The maximum Gasteiger partial charge on any atom is 0.237 e. The fourth-order valence-electron chi connectivity index (χ4n) is 2.44. The number of nitrogens with zero attached hydrogens (tertiary/aromatic N) is 1. The highest BCUT2D eigenvalue weighted by Gasteiger charge is 2.24. The number of halogens is 3. The van der Waals surface area contributed by atoms with Crippen molar-refractivity contribution in [1.29, 1.82) is 0 Å². The zero-order valence-electron chi connectivity index (χ0n) is 13.9. The Balaban J connectivity index is 1.91. The minimum absolute atomic E-state index is 0.00882. The molecule has 1 heterocycles. The molecule has 1 aliphatic rings. The van der Waals surface area contributed by atoms with Crippen molar-refractivity contribution in [2.75, 3.05) is 11.9 Å². The number of rotatable bonds is 6. The maximum atomic E-state index is 14.1. The average molecular weight is 385 g/mol. The van der Waals surface area contributed by atoms with E-state index in [1.54, 1.807) is 12.1 Å². The van der Waals surface area contributed by atoms with Crippen molar-refractivity contribution in [2.45, 2.75) is 32.6 Å². The monoisotopic (exact) mass is 384 g/mol. The summed E-state index contributed by atoms with van der Waals surface area (Å²) in [4.78, 5) is 3.77. The molecule has 0 amide bonds. The van der Waals surface area contributed by atoms with Crippen LogP contribution in [-0.2, 0) is 0 Å². The smallest absolute Gasteiger partial charge is 0.237 e. The topological polar surface area (TPSA) is 54.4 Å². The molecule has 0 bridgehead atoms. The summed E-state index contributed by atoms with van der Waals surface area (Å²) in [6.45, 7) is 4.58. The molecule has 0 unspecified atom stereocenters. The van der Waals surface area contributed by atoms with Gasteiger partial charge in [-0.05, 0) is 42.9 Å². The fraction of sp³-hybridized carbons (Fsp3) is 0.389. The average Bonchev–Trinajstić information content (AvgIpc) is 3.39. The number of nitrogens with one attached hydrogen (secondary N) is 1. The summed E-state index contributed by atoms with van der Waals surface area (Å²) < 4.78 is 19.8. The summed E-state index contributed by atoms with van der Waals surface area (Å²) in [5.74, 6) is 0.632. The Kier molecular flexibility index (Phi) is 5.25. The Morgan fingerprint density at radius 3 is 2.68 bits per heavy atom. The minimum atomic E-state index is -0.845. The first-order valence-corrected chi connectivity index (χ1v) is 8.91. The molecule has 134 valence electrons. The highest BCUT2D eigenvalue weighted by atomic mass is 35.5. The molecule has 4 nitrogen and oxygen atoms in total. The lowest BCUT2D eigenvalue weighted by Crippen LogP contribution is -2.07. The molecule has 3 rings (SSSR count). The molecule has 0 radical (unpaired) electrons. The molecule has 1 saturated carbocycles. The first kappa shape index (κ1) is 18.1. The van der Waals surface area contributed by atoms with Gasteiger partial charge < -0.3 is 15.2 Å². The van der Waals surface area contributed by atoms with Crippen LogP contribution in [-0.4, -0.2) is 16.6 Å². The number of aromatic nitrogens is 1. The predicted octanol–water partition coefficient (Wildman–Crippen LogP) is 5.97. The van der Waals surface area contributed by atoms with Crippen LogP contribution in [0.25, 0.3) is 0 Å². The molecule has 0 aliphatic heterocycles. The van der Waals surface area contributed by atoms with Gasteiger partial charge >= 0.3 is 0 Å². The normalized spacial score (nSPS) is 14.0. The number of hydrogen-bond donors (Lipinski definition) is 2. The van der Waals surface area contributed by atoms with Crippen molar-refractivity contribution in [3.63, 3.8) is 0 Å². The van der Waals surface area contributed by atoms with Gasteiger partial charge in [-0.15, -0.1) is 0 Å². The lowest BCUT2D eigenvalue weighted by atomic mass is 10.0. The zero-order valence-corrected chi connectivity index (χ0v) is 15.5. The summed E-state index contributed by atoms with van der Waals surface area (Å²) in [5, 5.41) is 12.8. The molecule has 7 heteroatoms. The van der Waals surface area contributed by atoms with Crippen LogP contribution in [0.1, 0.15) is 38.2 Å². The van der Waals surface area contributed by atoms with Gasteiger partial charge in [0.1, 0.15) is 21.5 Å². The van der Waals surface area contributed by atoms with Crippen molar-refractivity contribution in [3.8, 4) is 17.2 Å². The lowest BCUT2D eigenvalue weighted by Gasteiger charge is -2.15. The number of anilines is 1. The van der Waals surface area contributed by atoms with Crippen molar-refractivity contribution in [2.24, 2.45) is 5.92 Å². The molecule has 0 spiro atoms. The standard InChI is InChI=1S/C18H19Cl2FN2O2/c1-9(2)12-7-11(5-6-13(12)24)25-16-14(19)17(21)23-18(15(16)20)22-8-10-3-4-10/h5-7,9-10,24H,3-4,8H2,1-2H3,(H,22,23). The number of pyridine rings is 1. The Bertz CT molecular complexity index is 795. The third-order valence-electron chi connectivity index (χ3n) is 4.09. The Morgan fingerprint density at radius 1 is 1.32 bits per heavy atom. The highest BCUT2D eigenvalue weighted by molar-refractivity contribution is 6.38. The number of ether oxygens (including phenoxy) is 1. The van der Waals surface area contributed by atoms with Crippen LogP contribution in [0.2, 0.25) is 10.0 Å². The zero-order chi connectivity index (χ0) is 18.1. The summed E-state index contributed by atoms with van der Waals surface area (Å²) in [6.07, 6.45) is 2.30. The third kappa shape index (κ3) is 4.10. The van der Waals surface area contributed by atoms with E-state index in [9.17, 15) is 9.50 Å². The predicted molar refractivity (Wildman–Crippen MR) is 97.7 cm³/mol. The SMILES string of the molecule is CC(C)c1cc(Oc2c(Cl)c(F)nc(NCC3CC3)c2Cl)ccc1O. The first-order chi connectivity index (χ1) is 11.9. The van der Waals surface area contributed by atoms with E-state index in [1.165, 1.54) is 6.07 Å². The number of aromatic hydroxyl groups is 1. The molecule has 0 saturated heterocycles. The lowest BCUT2D eigenvalue weighted by molar-refractivity contribution is 0.452. The van der Waals surface area contributed by atoms with Crippen LogP contribution in [0.5, 0.6) is 17.2 Å². The summed E-state index contributed by atoms with van der Waals surface area (Å²) in [7, 11) is 0. The number of phenols is 1. The second-order valence-corrected chi connectivity index (χ2v) is 7.27. The van der Waals surface area contributed by atoms with E-state index in [2.05, 4.69) is 10.3 Å². The van der Waals surface area contributed by atoms with Crippen LogP contribution in [0.3, 0.4) is 0 Å². The molecule has 25 heavy (non-hydrogen) atoms. The van der Waals surface area contributed by atoms with Gasteiger partial charge in [-0.25, -0.2) is 0 Å². The van der Waals surface area contributed by atoms with Crippen molar-refractivity contribution >= 4 is 29.0 Å². The van der Waals surface area contributed by atoms with Crippen LogP contribution in [0.15, 0.2) is 18.2 Å². The van der Waals surface area contributed by atoms with Crippen LogP contribution >= 0.6 is 23.2 Å². The minimum Gasteiger partial charge on any atom is -0.508 e. The Hall–Kier alpha value is -1.72. The first-order valence-electron chi connectivity index (χ1n) is 8.16. The molecule has 2 aromatic rings. The van der Waals surface area contributed by atoms with E-state index < -0.39 is 5.95 Å². The summed E-state index contributed by atoms with van der Waals surface area (Å²) in [6, 6.07) is 4.78. The van der Waals surface area contributed by atoms with Crippen LogP contribution < -0.4 is 10.1 Å². The number of benzene rings is 1. The third-order valence-corrected chi connectivity index (χ3v) is 4.77. The Labute approximate surface area is 155 Å². The quantitative estimate of drug-likeness (QED) is 0.602. The van der Waals surface area contributed by atoms with Gasteiger partial charge in [0.25, 0.3) is 0 Å². The van der Waals surface area contributed by atoms with E-state index in [4.69, 9.17) is 27.9 Å². The Morgan fingerprint density at radius 2 is 2.04 bits per heavy atom. The summed E-state index contributed by atoms with van der Waals surface area (Å²) >= 11 is 12.3. The van der Waals surface area contributed by atoms with Gasteiger partial charge in [0.15, 0.2) is 11.6 Å².